The number of halogens is 1. The first-order valence-electron chi connectivity index (χ1n) is 10.2. The molecule has 9 heteroatoms. The van der Waals surface area contributed by atoms with E-state index >= 15 is 0 Å². The molecule has 3 amide bonds. The Kier molecular flexibility index (Phi) is 6.05. The molecule has 4 rings (SSSR count). The van der Waals surface area contributed by atoms with Gasteiger partial charge in [-0.3, -0.25) is 19.3 Å². The van der Waals surface area contributed by atoms with Crippen molar-refractivity contribution < 1.29 is 18.8 Å². The zero-order valence-electron chi connectivity index (χ0n) is 17.6. The van der Waals surface area contributed by atoms with Gasteiger partial charge in [0.25, 0.3) is 5.91 Å². The molecule has 0 spiro atoms. The van der Waals surface area contributed by atoms with E-state index in [9.17, 15) is 14.4 Å². The van der Waals surface area contributed by atoms with E-state index in [1.165, 1.54) is 0 Å². The van der Waals surface area contributed by atoms with Crippen LogP contribution in [0.2, 0.25) is 5.02 Å². The number of hydrogen-bond donors (Lipinski definition) is 0. The van der Waals surface area contributed by atoms with Crippen molar-refractivity contribution in [1.82, 2.24) is 15.1 Å². The van der Waals surface area contributed by atoms with Crippen LogP contribution in [0.5, 0.6) is 0 Å². The Balaban J connectivity index is 1.57. The van der Waals surface area contributed by atoms with Crippen LogP contribution < -0.4 is 4.90 Å². The van der Waals surface area contributed by atoms with Gasteiger partial charge in [-0.1, -0.05) is 29.8 Å². The lowest BCUT2D eigenvalue weighted by atomic mass is 10.1. The third-order valence-corrected chi connectivity index (χ3v) is 5.49. The molecule has 0 N–H and O–H groups in total. The van der Waals surface area contributed by atoms with Crippen LogP contribution in [0, 0.1) is 0 Å². The highest BCUT2D eigenvalue weighted by molar-refractivity contribution is 6.33. The maximum absolute atomic E-state index is 13.3. The summed E-state index contributed by atoms with van der Waals surface area (Å²) < 4.78 is 5.75. The maximum atomic E-state index is 13.3. The number of nitrogens with zero attached hydrogens (tertiary/aromatic N) is 4. The summed E-state index contributed by atoms with van der Waals surface area (Å²) in [4.78, 5) is 40.1. The van der Waals surface area contributed by atoms with E-state index in [0.29, 0.717) is 21.8 Å². The fourth-order valence-electron chi connectivity index (χ4n) is 3.50. The summed E-state index contributed by atoms with van der Waals surface area (Å²) >= 11 is 6.20. The quantitative estimate of drug-likeness (QED) is 0.522. The predicted molar refractivity (Wildman–Crippen MR) is 118 cm³/mol. The van der Waals surface area contributed by atoms with E-state index in [-0.39, 0.29) is 54.9 Å². The van der Waals surface area contributed by atoms with Crippen molar-refractivity contribution in [3.63, 3.8) is 0 Å². The monoisotopic (exact) mass is 452 g/mol. The predicted octanol–water partition coefficient (Wildman–Crippen LogP) is 4.09. The molecule has 1 aromatic heterocycles. The van der Waals surface area contributed by atoms with Crippen LogP contribution in [0.3, 0.4) is 0 Å². The Hall–Kier alpha value is -3.52. The second kappa shape index (κ2) is 8.92. The Morgan fingerprint density at radius 1 is 1.09 bits per heavy atom. The van der Waals surface area contributed by atoms with Crippen LogP contribution in [-0.4, -0.2) is 38.9 Å². The molecule has 3 aromatic rings. The summed E-state index contributed by atoms with van der Waals surface area (Å²) in [6.45, 7) is 3.85. The minimum absolute atomic E-state index is 0.0970. The van der Waals surface area contributed by atoms with Crippen LogP contribution in [0.4, 0.5) is 5.69 Å². The number of aromatic nitrogens is 2. The minimum Gasteiger partial charge on any atom is -0.419 e. The molecule has 0 saturated carbocycles. The SMILES string of the molecule is CC(C)N(Cc1nnc(-c2ccccc2Cl)o1)C(=O)c1cccc(N2C(=O)CCC2=O)c1. The molecular formula is C23H21ClN4O4. The van der Waals surface area contributed by atoms with E-state index in [4.69, 9.17) is 16.0 Å². The molecular weight excluding hydrogens is 432 g/mol. The summed E-state index contributed by atoms with van der Waals surface area (Å²) in [7, 11) is 0. The number of hydrogen-bond acceptors (Lipinski definition) is 6. The van der Waals surface area contributed by atoms with Crippen LogP contribution in [0.1, 0.15) is 42.9 Å². The molecule has 2 aromatic carbocycles. The van der Waals surface area contributed by atoms with Gasteiger partial charge in [0.15, 0.2) is 0 Å². The number of imide groups is 1. The Morgan fingerprint density at radius 2 is 1.81 bits per heavy atom. The van der Waals surface area contributed by atoms with E-state index in [0.717, 1.165) is 4.90 Å². The fraction of sp³-hybridized carbons (Fsp3) is 0.261. The Labute approximate surface area is 189 Å². The Bertz CT molecular complexity index is 1170. The van der Waals surface area contributed by atoms with Crippen molar-refractivity contribution in [2.75, 3.05) is 4.90 Å². The highest BCUT2D eigenvalue weighted by Gasteiger charge is 2.31. The van der Waals surface area contributed by atoms with Gasteiger partial charge in [0.05, 0.1) is 22.8 Å². The summed E-state index contributed by atoms with van der Waals surface area (Å²) in [5, 5.41) is 8.61. The first-order chi connectivity index (χ1) is 15.3. The second-order valence-corrected chi connectivity index (χ2v) is 8.09. The largest absolute Gasteiger partial charge is 0.419 e. The number of anilines is 1. The van der Waals surface area contributed by atoms with E-state index in [1.807, 2.05) is 19.9 Å². The highest BCUT2D eigenvalue weighted by atomic mass is 35.5. The summed E-state index contributed by atoms with van der Waals surface area (Å²) in [6.07, 6.45) is 0.361. The van der Waals surface area contributed by atoms with Crippen LogP contribution in [-0.2, 0) is 16.1 Å². The van der Waals surface area contributed by atoms with Gasteiger partial charge in [0.2, 0.25) is 23.6 Å². The molecule has 1 saturated heterocycles. The standard InChI is InChI=1S/C23H21ClN4O4/c1-14(2)27(13-19-25-26-22(32-19)17-8-3-4-9-18(17)24)23(31)15-6-5-7-16(12-15)28-20(29)10-11-21(28)30/h3-9,12,14H,10-11,13H2,1-2H3. The topological polar surface area (TPSA) is 96.6 Å². The zero-order chi connectivity index (χ0) is 22.8. The van der Waals surface area contributed by atoms with Crippen molar-refractivity contribution >= 4 is 35.0 Å². The molecule has 0 radical (unpaired) electrons. The van der Waals surface area contributed by atoms with Crippen molar-refractivity contribution in [3.8, 4) is 11.5 Å². The number of amides is 3. The fourth-order valence-corrected chi connectivity index (χ4v) is 3.72. The molecule has 1 fully saturated rings. The first-order valence-corrected chi connectivity index (χ1v) is 10.6. The number of carbonyl (C=O) groups excluding carboxylic acids is 3. The van der Waals surface area contributed by atoms with Crippen molar-refractivity contribution in [2.24, 2.45) is 0 Å². The summed E-state index contributed by atoms with van der Waals surface area (Å²) in [6, 6.07) is 13.5. The third kappa shape index (κ3) is 4.27. The first kappa shape index (κ1) is 21.7. The van der Waals surface area contributed by atoms with Crippen LogP contribution >= 0.6 is 11.6 Å². The van der Waals surface area contributed by atoms with Gasteiger partial charge < -0.3 is 9.32 Å². The molecule has 1 aliphatic rings. The normalized spacial score (nSPS) is 13.8. The van der Waals surface area contributed by atoms with Gasteiger partial charge in [-0.15, -0.1) is 10.2 Å². The molecule has 164 valence electrons. The van der Waals surface area contributed by atoms with Crippen LogP contribution in [0.15, 0.2) is 52.9 Å². The highest BCUT2D eigenvalue weighted by Crippen LogP contribution is 2.27. The van der Waals surface area contributed by atoms with E-state index in [1.54, 1.807) is 47.4 Å². The number of benzene rings is 2. The smallest absolute Gasteiger partial charge is 0.254 e. The molecule has 0 aliphatic carbocycles. The minimum atomic E-state index is -0.279. The van der Waals surface area contributed by atoms with Gasteiger partial charge in [0, 0.05) is 24.4 Å². The van der Waals surface area contributed by atoms with Gasteiger partial charge in [-0.05, 0) is 44.2 Å². The average Bonchev–Trinajstić information content (AvgIpc) is 3.38. The Morgan fingerprint density at radius 3 is 2.50 bits per heavy atom. The number of rotatable bonds is 6. The van der Waals surface area contributed by atoms with Crippen molar-refractivity contribution in [3.05, 3.63) is 65.0 Å². The molecule has 0 unspecified atom stereocenters. The lowest BCUT2D eigenvalue weighted by Gasteiger charge is -2.25. The molecule has 32 heavy (non-hydrogen) atoms. The average molecular weight is 453 g/mol. The van der Waals surface area contributed by atoms with Crippen molar-refractivity contribution in [1.29, 1.82) is 0 Å². The molecule has 1 aliphatic heterocycles. The zero-order valence-corrected chi connectivity index (χ0v) is 18.4. The van der Waals surface area contributed by atoms with Crippen LogP contribution in [0.25, 0.3) is 11.5 Å². The van der Waals surface area contributed by atoms with Gasteiger partial charge in [-0.2, -0.15) is 0 Å². The summed E-state index contributed by atoms with van der Waals surface area (Å²) in [5.74, 6) is -0.271. The molecule has 2 heterocycles. The molecule has 8 nitrogen and oxygen atoms in total. The number of carbonyl (C=O) groups is 3. The third-order valence-electron chi connectivity index (χ3n) is 5.16. The van der Waals surface area contributed by atoms with Gasteiger partial charge >= 0.3 is 0 Å². The van der Waals surface area contributed by atoms with E-state index < -0.39 is 0 Å². The molecule has 0 atom stereocenters. The molecule has 0 bridgehead atoms. The van der Waals surface area contributed by atoms with Crippen molar-refractivity contribution in [2.45, 2.75) is 39.3 Å². The lowest BCUT2D eigenvalue weighted by Crippen LogP contribution is -2.36. The second-order valence-electron chi connectivity index (χ2n) is 7.68. The lowest BCUT2D eigenvalue weighted by molar-refractivity contribution is -0.121. The maximum Gasteiger partial charge on any atom is 0.254 e. The van der Waals surface area contributed by atoms with E-state index in [2.05, 4.69) is 10.2 Å². The van der Waals surface area contributed by atoms with Gasteiger partial charge in [-0.25, -0.2) is 0 Å². The van der Waals surface area contributed by atoms with Gasteiger partial charge in [0.1, 0.15) is 0 Å². The summed E-state index contributed by atoms with van der Waals surface area (Å²) in [5.41, 5.74) is 1.36.